The maximum absolute atomic E-state index is 11.9. The van der Waals surface area contributed by atoms with Gasteiger partial charge in [-0.25, -0.2) is 4.79 Å². The molecule has 0 bridgehead atoms. The van der Waals surface area contributed by atoms with Gasteiger partial charge in [-0.1, -0.05) is 18.2 Å². The number of rotatable bonds is 6. The Morgan fingerprint density at radius 2 is 1.68 bits per heavy atom. The van der Waals surface area contributed by atoms with Crippen molar-refractivity contribution in [2.24, 2.45) is 0 Å². The molecule has 0 aromatic heterocycles. The zero-order chi connectivity index (χ0) is 18.2. The summed E-state index contributed by atoms with van der Waals surface area (Å²) < 4.78 is 10.0. The largest absolute Gasteiger partial charge is 0.497 e. The molecule has 1 amide bonds. The van der Waals surface area contributed by atoms with Crippen molar-refractivity contribution in [1.82, 2.24) is 0 Å². The summed E-state index contributed by atoms with van der Waals surface area (Å²) in [4.78, 5) is 23.5. The van der Waals surface area contributed by atoms with E-state index in [4.69, 9.17) is 9.47 Å². The van der Waals surface area contributed by atoms with Gasteiger partial charge in [-0.2, -0.15) is 0 Å². The minimum Gasteiger partial charge on any atom is -0.497 e. The number of carbonyl (C=O) groups is 2. The van der Waals surface area contributed by atoms with Crippen molar-refractivity contribution >= 4 is 23.6 Å². The van der Waals surface area contributed by atoms with Crippen LogP contribution in [0.2, 0.25) is 0 Å². The van der Waals surface area contributed by atoms with E-state index in [9.17, 15) is 9.59 Å². The van der Waals surface area contributed by atoms with Crippen molar-refractivity contribution in [3.63, 3.8) is 0 Å². The predicted octanol–water partition coefficient (Wildman–Crippen LogP) is 3.51. The van der Waals surface area contributed by atoms with Crippen LogP contribution < -0.4 is 10.1 Å². The van der Waals surface area contributed by atoms with E-state index in [1.165, 1.54) is 6.08 Å². The minimum absolute atomic E-state index is 0.335. The quantitative estimate of drug-likeness (QED) is 0.646. The maximum Gasteiger partial charge on any atom is 0.331 e. The molecule has 0 aliphatic heterocycles. The first-order valence-corrected chi connectivity index (χ1v) is 7.83. The molecular weight excluding hydrogens is 318 g/mol. The van der Waals surface area contributed by atoms with Crippen molar-refractivity contribution < 1.29 is 19.1 Å². The highest BCUT2D eigenvalue weighted by Crippen LogP contribution is 2.14. The SMILES string of the molecule is COc1ccc(/C=C/C(=O)OCC(=O)Nc2cc(C)cc(C)c2)cc1. The average molecular weight is 339 g/mol. The van der Waals surface area contributed by atoms with Crippen LogP contribution in [-0.2, 0) is 14.3 Å². The third kappa shape index (κ3) is 6.14. The van der Waals surface area contributed by atoms with Crippen LogP contribution in [0.4, 0.5) is 5.69 Å². The molecule has 0 saturated carbocycles. The molecule has 2 aromatic rings. The topological polar surface area (TPSA) is 64.6 Å². The fourth-order valence-corrected chi connectivity index (χ4v) is 2.31. The summed E-state index contributed by atoms with van der Waals surface area (Å²) in [5, 5.41) is 2.71. The number of anilines is 1. The van der Waals surface area contributed by atoms with Crippen molar-refractivity contribution in [3.8, 4) is 5.75 Å². The van der Waals surface area contributed by atoms with E-state index in [-0.39, 0.29) is 12.5 Å². The lowest BCUT2D eigenvalue weighted by Crippen LogP contribution is -2.20. The van der Waals surface area contributed by atoms with E-state index in [1.807, 2.05) is 44.2 Å². The zero-order valence-corrected chi connectivity index (χ0v) is 14.5. The second-order valence-corrected chi connectivity index (χ2v) is 5.64. The summed E-state index contributed by atoms with van der Waals surface area (Å²) >= 11 is 0. The fourth-order valence-electron chi connectivity index (χ4n) is 2.31. The van der Waals surface area contributed by atoms with Crippen molar-refractivity contribution in [2.75, 3.05) is 19.0 Å². The Morgan fingerprint density at radius 1 is 1.04 bits per heavy atom. The molecule has 0 fully saturated rings. The third-order valence-corrected chi connectivity index (χ3v) is 3.38. The van der Waals surface area contributed by atoms with Crippen LogP contribution in [0.3, 0.4) is 0 Å². The number of aryl methyl sites for hydroxylation is 2. The Balaban J connectivity index is 1.82. The van der Waals surface area contributed by atoms with Gasteiger partial charge in [0, 0.05) is 11.8 Å². The molecule has 2 aromatic carbocycles. The lowest BCUT2D eigenvalue weighted by atomic mass is 10.1. The van der Waals surface area contributed by atoms with Gasteiger partial charge in [-0.3, -0.25) is 4.79 Å². The molecule has 0 unspecified atom stereocenters. The zero-order valence-electron chi connectivity index (χ0n) is 14.5. The summed E-state index contributed by atoms with van der Waals surface area (Å²) in [6.45, 7) is 3.57. The molecule has 0 saturated heterocycles. The number of hydrogen-bond acceptors (Lipinski definition) is 4. The first kappa shape index (κ1) is 18.3. The summed E-state index contributed by atoms with van der Waals surface area (Å²) in [5.74, 6) is -0.217. The van der Waals surface area contributed by atoms with Crippen molar-refractivity contribution in [1.29, 1.82) is 0 Å². The number of nitrogens with one attached hydrogen (secondary N) is 1. The Kier molecular flexibility index (Phi) is 6.34. The third-order valence-electron chi connectivity index (χ3n) is 3.38. The second-order valence-electron chi connectivity index (χ2n) is 5.64. The van der Waals surface area contributed by atoms with Gasteiger partial charge in [0.1, 0.15) is 5.75 Å². The molecule has 0 radical (unpaired) electrons. The molecule has 1 N–H and O–H groups in total. The summed E-state index contributed by atoms with van der Waals surface area (Å²) in [6.07, 6.45) is 2.90. The fraction of sp³-hybridized carbons (Fsp3) is 0.200. The van der Waals surface area contributed by atoms with Crippen LogP contribution in [-0.4, -0.2) is 25.6 Å². The highest BCUT2D eigenvalue weighted by atomic mass is 16.5. The molecule has 5 nitrogen and oxygen atoms in total. The second kappa shape index (κ2) is 8.68. The van der Waals surface area contributed by atoms with Gasteiger partial charge in [0.2, 0.25) is 0 Å². The molecule has 0 heterocycles. The highest BCUT2D eigenvalue weighted by Gasteiger charge is 2.06. The minimum atomic E-state index is -0.577. The smallest absolute Gasteiger partial charge is 0.331 e. The van der Waals surface area contributed by atoms with Crippen LogP contribution in [0, 0.1) is 13.8 Å². The molecule has 0 atom stereocenters. The van der Waals surface area contributed by atoms with Gasteiger partial charge in [-0.05, 0) is 60.9 Å². The molecule has 0 aliphatic carbocycles. The molecule has 25 heavy (non-hydrogen) atoms. The number of ether oxygens (including phenoxy) is 2. The number of carbonyl (C=O) groups excluding carboxylic acids is 2. The van der Waals surface area contributed by atoms with E-state index in [2.05, 4.69) is 5.32 Å². The maximum atomic E-state index is 11.9. The molecule has 5 heteroatoms. The van der Waals surface area contributed by atoms with E-state index in [1.54, 1.807) is 25.3 Å². The molecule has 130 valence electrons. The summed E-state index contributed by atoms with van der Waals surface area (Å²) in [6, 6.07) is 12.9. The number of hydrogen-bond donors (Lipinski definition) is 1. The molecule has 0 spiro atoms. The van der Waals surface area contributed by atoms with Gasteiger partial charge in [-0.15, -0.1) is 0 Å². The van der Waals surface area contributed by atoms with E-state index < -0.39 is 5.97 Å². The first-order chi connectivity index (χ1) is 12.0. The van der Waals surface area contributed by atoms with Crippen molar-refractivity contribution in [2.45, 2.75) is 13.8 Å². The molecule has 0 aliphatic rings. The average Bonchev–Trinajstić information content (AvgIpc) is 2.57. The first-order valence-electron chi connectivity index (χ1n) is 7.83. The van der Waals surface area contributed by atoms with Gasteiger partial charge in [0.05, 0.1) is 7.11 Å². The number of methoxy groups -OCH3 is 1. The summed E-state index contributed by atoms with van der Waals surface area (Å²) in [7, 11) is 1.59. The number of esters is 1. The Hall–Kier alpha value is -3.08. The van der Waals surface area contributed by atoms with Gasteiger partial charge in [0.15, 0.2) is 6.61 Å². The summed E-state index contributed by atoms with van der Waals surface area (Å²) in [5.41, 5.74) is 3.62. The van der Waals surface area contributed by atoms with Crippen LogP contribution in [0.25, 0.3) is 6.08 Å². The van der Waals surface area contributed by atoms with Crippen LogP contribution in [0.1, 0.15) is 16.7 Å². The van der Waals surface area contributed by atoms with Gasteiger partial charge in [0.25, 0.3) is 5.91 Å². The van der Waals surface area contributed by atoms with Crippen LogP contribution in [0.15, 0.2) is 48.5 Å². The van der Waals surface area contributed by atoms with Crippen LogP contribution >= 0.6 is 0 Å². The Bertz CT molecular complexity index is 759. The number of amides is 1. The van der Waals surface area contributed by atoms with Gasteiger partial charge < -0.3 is 14.8 Å². The van der Waals surface area contributed by atoms with Gasteiger partial charge >= 0.3 is 5.97 Å². The van der Waals surface area contributed by atoms with Crippen molar-refractivity contribution in [3.05, 3.63) is 65.2 Å². The van der Waals surface area contributed by atoms with E-state index in [0.29, 0.717) is 5.69 Å². The number of benzene rings is 2. The Labute approximate surface area is 147 Å². The standard InChI is InChI=1S/C20H21NO4/c1-14-10-15(2)12-17(11-14)21-19(22)13-25-20(23)9-6-16-4-7-18(24-3)8-5-16/h4-12H,13H2,1-3H3,(H,21,22)/b9-6+. The van der Waals surface area contributed by atoms with E-state index in [0.717, 1.165) is 22.4 Å². The lowest BCUT2D eigenvalue weighted by molar-refractivity contribution is -0.142. The highest BCUT2D eigenvalue weighted by molar-refractivity contribution is 5.94. The monoisotopic (exact) mass is 339 g/mol. The van der Waals surface area contributed by atoms with Crippen LogP contribution in [0.5, 0.6) is 5.75 Å². The molecule has 2 rings (SSSR count). The lowest BCUT2D eigenvalue weighted by Gasteiger charge is -2.07. The van der Waals surface area contributed by atoms with E-state index >= 15 is 0 Å². The molecular formula is C20H21NO4. The Morgan fingerprint density at radius 3 is 2.28 bits per heavy atom. The normalized spacial score (nSPS) is 10.5. The predicted molar refractivity (Wildman–Crippen MR) is 97.5 cm³/mol.